The first kappa shape index (κ1) is 10.4. The number of Topliss-reactive ketones (excluding diaryl/α,β-unsaturated/α-hetero) is 1. The van der Waals surface area contributed by atoms with E-state index in [0.717, 1.165) is 0 Å². The van der Waals surface area contributed by atoms with Crippen molar-refractivity contribution in [2.75, 3.05) is 6.54 Å². The highest BCUT2D eigenvalue weighted by Crippen LogP contribution is 1.98. The van der Waals surface area contributed by atoms with Gasteiger partial charge in [0, 0.05) is 12.0 Å². The molecule has 3 nitrogen and oxygen atoms in total. The zero-order valence-electron chi connectivity index (χ0n) is 8.12. The predicted molar refractivity (Wildman–Crippen MR) is 54.1 cm³/mol. The molecule has 0 atom stereocenters. The molecule has 1 aromatic carbocycles. The molecule has 0 aliphatic carbocycles. The molecule has 0 heterocycles. The first-order chi connectivity index (χ1) is 6.74. The van der Waals surface area contributed by atoms with E-state index in [2.05, 4.69) is 5.32 Å². The monoisotopic (exact) mass is 191 g/mol. The van der Waals surface area contributed by atoms with Crippen molar-refractivity contribution < 1.29 is 9.59 Å². The van der Waals surface area contributed by atoms with Crippen molar-refractivity contribution in [3.05, 3.63) is 35.9 Å². The fourth-order valence-electron chi connectivity index (χ4n) is 1.03. The van der Waals surface area contributed by atoms with E-state index in [1.54, 1.807) is 31.2 Å². The Labute approximate surface area is 83.1 Å². The van der Waals surface area contributed by atoms with Gasteiger partial charge in [0.15, 0.2) is 5.78 Å². The van der Waals surface area contributed by atoms with Gasteiger partial charge in [-0.05, 0) is 0 Å². The van der Waals surface area contributed by atoms with Crippen LogP contribution in [0.2, 0.25) is 0 Å². The predicted octanol–water partition coefficient (Wildman–Crippen LogP) is 1.40. The zero-order valence-corrected chi connectivity index (χ0v) is 8.12. The van der Waals surface area contributed by atoms with Crippen LogP contribution in [0, 0.1) is 0 Å². The summed E-state index contributed by atoms with van der Waals surface area (Å²) in [5, 5.41) is 2.54. The molecule has 1 aromatic rings. The Morgan fingerprint density at radius 2 is 1.86 bits per heavy atom. The van der Waals surface area contributed by atoms with Crippen LogP contribution in [0.1, 0.15) is 23.7 Å². The first-order valence-electron chi connectivity index (χ1n) is 4.59. The summed E-state index contributed by atoms with van der Waals surface area (Å²) in [6.45, 7) is 1.83. The summed E-state index contributed by atoms with van der Waals surface area (Å²) in [7, 11) is 0. The third-order valence-corrected chi connectivity index (χ3v) is 1.86. The second-order valence-corrected chi connectivity index (χ2v) is 2.92. The van der Waals surface area contributed by atoms with Gasteiger partial charge in [-0.1, -0.05) is 37.3 Å². The largest absolute Gasteiger partial charge is 0.349 e. The Bertz CT molecular complexity index is 319. The third kappa shape index (κ3) is 3.01. The molecule has 74 valence electrons. The third-order valence-electron chi connectivity index (χ3n) is 1.86. The van der Waals surface area contributed by atoms with E-state index in [-0.39, 0.29) is 18.2 Å². The molecule has 0 aliphatic rings. The molecule has 0 radical (unpaired) electrons. The summed E-state index contributed by atoms with van der Waals surface area (Å²) in [6, 6.07) is 8.92. The van der Waals surface area contributed by atoms with Gasteiger partial charge in [-0.15, -0.1) is 0 Å². The van der Waals surface area contributed by atoms with Crippen molar-refractivity contribution in [2.24, 2.45) is 0 Å². The quantitative estimate of drug-likeness (QED) is 0.731. The average molecular weight is 191 g/mol. The number of nitrogens with one attached hydrogen (secondary N) is 1. The van der Waals surface area contributed by atoms with Crippen LogP contribution in [0.3, 0.4) is 0 Å². The van der Waals surface area contributed by atoms with Crippen molar-refractivity contribution in [1.29, 1.82) is 0 Å². The number of ketones is 1. The lowest BCUT2D eigenvalue weighted by molar-refractivity contribution is -0.120. The molecule has 0 aromatic heterocycles. The van der Waals surface area contributed by atoms with Gasteiger partial charge in [0.25, 0.3) is 0 Å². The number of carbonyl (C=O) groups is 2. The summed E-state index contributed by atoms with van der Waals surface area (Å²) in [4.78, 5) is 22.3. The smallest absolute Gasteiger partial charge is 0.220 e. The van der Waals surface area contributed by atoms with Crippen molar-refractivity contribution in [3.63, 3.8) is 0 Å². The minimum Gasteiger partial charge on any atom is -0.349 e. The van der Waals surface area contributed by atoms with E-state index >= 15 is 0 Å². The molecule has 0 saturated heterocycles. The van der Waals surface area contributed by atoms with Crippen molar-refractivity contribution in [3.8, 4) is 0 Å². The van der Waals surface area contributed by atoms with Crippen LogP contribution in [-0.4, -0.2) is 18.2 Å². The lowest BCUT2D eigenvalue weighted by Gasteiger charge is -2.02. The topological polar surface area (TPSA) is 46.2 Å². The number of carbonyl (C=O) groups excluding carboxylic acids is 2. The number of rotatable bonds is 4. The summed E-state index contributed by atoms with van der Waals surface area (Å²) >= 11 is 0. The minimum absolute atomic E-state index is 0.0626. The van der Waals surface area contributed by atoms with Gasteiger partial charge in [0.05, 0.1) is 6.54 Å². The SMILES string of the molecule is CCC(=O)NCC(=O)c1ccccc1. The Morgan fingerprint density at radius 3 is 2.43 bits per heavy atom. The highest BCUT2D eigenvalue weighted by molar-refractivity contribution is 5.99. The first-order valence-corrected chi connectivity index (χ1v) is 4.59. The molecule has 0 saturated carbocycles. The summed E-state index contributed by atoms with van der Waals surface area (Å²) in [6.07, 6.45) is 0.405. The molecular formula is C11H13NO2. The molecule has 14 heavy (non-hydrogen) atoms. The molecule has 3 heteroatoms. The summed E-state index contributed by atoms with van der Waals surface area (Å²) < 4.78 is 0. The number of amides is 1. The lowest BCUT2D eigenvalue weighted by Crippen LogP contribution is -2.28. The van der Waals surface area contributed by atoms with E-state index in [1.807, 2.05) is 6.07 Å². The molecule has 1 N–H and O–H groups in total. The molecule has 1 amide bonds. The van der Waals surface area contributed by atoms with Gasteiger partial charge in [-0.25, -0.2) is 0 Å². The Kier molecular flexibility index (Phi) is 3.85. The molecule has 0 fully saturated rings. The van der Waals surface area contributed by atoms with Crippen LogP contribution in [-0.2, 0) is 4.79 Å². The summed E-state index contributed by atoms with van der Waals surface area (Å²) in [5.74, 6) is -0.165. The van der Waals surface area contributed by atoms with Gasteiger partial charge < -0.3 is 5.32 Å². The number of benzene rings is 1. The van der Waals surface area contributed by atoms with Crippen LogP contribution in [0.5, 0.6) is 0 Å². The van der Waals surface area contributed by atoms with Crippen LogP contribution >= 0.6 is 0 Å². The maximum absolute atomic E-state index is 11.5. The van der Waals surface area contributed by atoms with Gasteiger partial charge in [0.1, 0.15) is 0 Å². The minimum atomic E-state index is -0.103. The van der Waals surface area contributed by atoms with Gasteiger partial charge in [-0.2, -0.15) is 0 Å². The Morgan fingerprint density at radius 1 is 1.21 bits per heavy atom. The second kappa shape index (κ2) is 5.17. The van der Waals surface area contributed by atoms with E-state index in [0.29, 0.717) is 12.0 Å². The van der Waals surface area contributed by atoms with Crippen LogP contribution in [0.25, 0.3) is 0 Å². The maximum Gasteiger partial charge on any atom is 0.220 e. The molecule has 0 unspecified atom stereocenters. The van der Waals surface area contributed by atoms with Crippen molar-refractivity contribution in [2.45, 2.75) is 13.3 Å². The zero-order chi connectivity index (χ0) is 10.4. The molecule has 0 spiro atoms. The highest BCUT2D eigenvalue weighted by Gasteiger charge is 2.05. The van der Waals surface area contributed by atoms with Gasteiger partial charge in [0.2, 0.25) is 5.91 Å². The normalized spacial score (nSPS) is 9.50. The molecule has 1 rings (SSSR count). The Hall–Kier alpha value is -1.64. The maximum atomic E-state index is 11.5. The van der Waals surface area contributed by atoms with Gasteiger partial charge in [-0.3, -0.25) is 9.59 Å². The second-order valence-electron chi connectivity index (χ2n) is 2.92. The standard InChI is InChI=1S/C11H13NO2/c1-2-11(14)12-8-10(13)9-6-4-3-5-7-9/h3-7H,2,8H2,1H3,(H,12,14). The van der Waals surface area contributed by atoms with E-state index in [9.17, 15) is 9.59 Å². The average Bonchev–Trinajstić information content (AvgIpc) is 2.26. The lowest BCUT2D eigenvalue weighted by atomic mass is 10.1. The van der Waals surface area contributed by atoms with Crippen LogP contribution in [0.4, 0.5) is 0 Å². The van der Waals surface area contributed by atoms with Crippen molar-refractivity contribution in [1.82, 2.24) is 5.32 Å². The molecular weight excluding hydrogens is 178 g/mol. The van der Waals surface area contributed by atoms with E-state index in [1.165, 1.54) is 0 Å². The molecule has 0 aliphatic heterocycles. The summed E-state index contributed by atoms with van der Waals surface area (Å²) in [5.41, 5.74) is 0.629. The van der Waals surface area contributed by atoms with Crippen LogP contribution < -0.4 is 5.32 Å². The van der Waals surface area contributed by atoms with Gasteiger partial charge >= 0.3 is 0 Å². The fourth-order valence-corrected chi connectivity index (χ4v) is 1.03. The van der Waals surface area contributed by atoms with Crippen LogP contribution in [0.15, 0.2) is 30.3 Å². The highest BCUT2D eigenvalue weighted by atomic mass is 16.2. The van der Waals surface area contributed by atoms with E-state index < -0.39 is 0 Å². The fraction of sp³-hybridized carbons (Fsp3) is 0.273. The van der Waals surface area contributed by atoms with E-state index in [4.69, 9.17) is 0 Å². The number of hydrogen-bond donors (Lipinski definition) is 1. The molecule has 0 bridgehead atoms. The number of hydrogen-bond acceptors (Lipinski definition) is 2. The van der Waals surface area contributed by atoms with Crippen molar-refractivity contribution >= 4 is 11.7 Å². The Balaban J connectivity index is 2.48.